The number of carboxylic acids is 1. The van der Waals surface area contributed by atoms with Gasteiger partial charge in [-0.15, -0.1) is 5.10 Å². The lowest BCUT2D eigenvalue weighted by atomic mass is 9.76. The number of benzene rings is 1. The number of aromatic nitrogens is 3. The van der Waals surface area contributed by atoms with Gasteiger partial charge in [0.05, 0.1) is 18.1 Å². The summed E-state index contributed by atoms with van der Waals surface area (Å²) in [5.74, 6) is -1.34. The van der Waals surface area contributed by atoms with Crippen LogP contribution in [0.1, 0.15) is 29.6 Å². The van der Waals surface area contributed by atoms with E-state index < -0.39 is 11.5 Å². The molecule has 1 fully saturated rings. The monoisotopic (exact) mass is 286 g/mol. The minimum atomic E-state index is -1.10. The molecule has 3 rings (SSSR count). The van der Waals surface area contributed by atoms with Crippen LogP contribution in [0.15, 0.2) is 36.7 Å². The number of nitrogens with one attached hydrogen (secondary N) is 1. The molecule has 2 N–H and O–H groups in total. The Bertz CT molecular complexity index is 660. The van der Waals surface area contributed by atoms with Crippen molar-refractivity contribution in [1.29, 1.82) is 0 Å². The minimum absolute atomic E-state index is 0.373. The maximum absolute atomic E-state index is 12.1. The van der Waals surface area contributed by atoms with Crippen LogP contribution in [0, 0.1) is 0 Å². The van der Waals surface area contributed by atoms with Crippen molar-refractivity contribution in [3.8, 4) is 5.69 Å². The van der Waals surface area contributed by atoms with Crippen molar-refractivity contribution in [2.75, 3.05) is 0 Å². The second kappa shape index (κ2) is 5.01. The molecule has 1 saturated carbocycles. The quantitative estimate of drug-likeness (QED) is 0.874. The molecule has 1 aromatic heterocycles. The summed E-state index contributed by atoms with van der Waals surface area (Å²) < 4.78 is 1.58. The Morgan fingerprint density at radius 1 is 1.24 bits per heavy atom. The van der Waals surface area contributed by atoms with Crippen LogP contribution in [-0.4, -0.2) is 37.5 Å². The van der Waals surface area contributed by atoms with Gasteiger partial charge in [-0.3, -0.25) is 4.79 Å². The fraction of sp³-hybridized carbons (Fsp3) is 0.286. The van der Waals surface area contributed by atoms with Gasteiger partial charge in [-0.25, -0.2) is 9.48 Å². The lowest BCUT2D eigenvalue weighted by Gasteiger charge is -2.38. The van der Waals surface area contributed by atoms with Gasteiger partial charge in [0.2, 0.25) is 0 Å². The van der Waals surface area contributed by atoms with Crippen molar-refractivity contribution < 1.29 is 14.7 Å². The predicted molar refractivity (Wildman–Crippen MR) is 73.0 cm³/mol. The summed E-state index contributed by atoms with van der Waals surface area (Å²) in [7, 11) is 0. The molecule has 108 valence electrons. The van der Waals surface area contributed by atoms with Crippen LogP contribution in [0.3, 0.4) is 0 Å². The largest absolute Gasteiger partial charge is 0.480 e. The molecule has 0 unspecified atom stereocenters. The van der Waals surface area contributed by atoms with E-state index in [1.165, 1.54) is 0 Å². The van der Waals surface area contributed by atoms with E-state index in [0.29, 0.717) is 18.4 Å². The van der Waals surface area contributed by atoms with Crippen molar-refractivity contribution in [2.24, 2.45) is 0 Å². The van der Waals surface area contributed by atoms with Gasteiger partial charge in [0, 0.05) is 5.56 Å². The Hall–Kier alpha value is -2.70. The Morgan fingerprint density at radius 3 is 2.43 bits per heavy atom. The van der Waals surface area contributed by atoms with Crippen LogP contribution in [0.4, 0.5) is 0 Å². The van der Waals surface area contributed by atoms with Crippen LogP contribution in [0.5, 0.6) is 0 Å². The molecule has 0 spiro atoms. The van der Waals surface area contributed by atoms with Gasteiger partial charge in [-0.1, -0.05) is 5.21 Å². The fourth-order valence-electron chi connectivity index (χ4n) is 2.32. The van der Waals surface area contributed by atoms with E-state index in [2.05, 4.69) is 15.6 Å². The molecule has 7 heteroatoms. The van der Waals surface area contributed by atoms with Gasteiger partial charge in [0.25, 0.3) is 5.91 Å². The first kappa shape index (κ1) is 13.3. The number of aliphatic carboxylic acids is 1. The molecule has 1 aromatic carbocycles. The Balaban J connectivity index is 1.75. The average Bonchev–Trinajstić information content (AvgIpc) is 2.96. The van der Waals surface area contributed by atoms with Gasteiger partial charge >= 0.3 is 5.97 Å². The first-order chi connectivity index (χ1) is 10.1. The number of hydrogen-bond acceptors (Lipinski definition) is 4. The van der Waals surface area contributed by atoms with Crippen molar-refractivity contribution in [3.63, 3.8) is 0 Å². The summed E-state index contributed by atoms with van der Waals surface area (Å²) in [5, 5.41) is 19.4. The average molecular weight is 286 g/mol. The predicted octanol–water partition coefficient (Wildman–Crippen LogP) is 1.00. The zero-order chi connectivity index (χ0) is 14.9. The third-order valence-corrected chi connectivity index (χ3v) is 3.79. The lowest BCUT2D eigenvalue weighted by Crippen LogP contribution is -2.59. The van der Waals surface area contributed by atoms with Gasteiger partial charge in [-0.05, 0) is 43.5 Å². The molecule has 0 saturated heterocycles. The zero-order valence-corrected chi connectivity index (χ0v) is 11.2. The highest BCUT2D eigenvalue weighted by molar-refractivity contribution is 5.98. The second-order valence-electron chi connectivity index (χ2n) is 5.09. The molecule has 1 aliphatic rings. The van der Waals surface area contributed by atoms with Crippen molar-refractivity contribution in [1.82, 2.24) is 20.3 Å². The third kappa shape index (κ3) is 2.37. The summed E-state index contributed by atoms with van der Waals surface area (Å²) in [6.07, 6.45) is 5.03. The number of carbonyl (C=O) groups is 2. The van der Waals surface area contributed by atoms with E-state index in [1.54, 1.807) is 41.3 Å². The van der Waals surface area contributed by atoms with Crippen molar-refractivity contribution >= 4 is 11.9 Å². The topological polar surface area (TPSA) is 97.1 Å². The third-order valence-electron chi connectivity index (χ3n) is 3.79. The number of carboxylic acid groups (broad SMARTS) is 1. The number of rotatable bonds is 4. The molecule has 21 heavy (non-hydrogen) atoms. The Morgan fingerprint density at radius 2 is 1.95 bits per heavy atom. The molecule has 0 atom stereocenters. The molecule has 7 nitrogen and oxygen atoms in total. The highest BCUT2D eigenvalue weighted by atomic mass is 16.4. The van der Waals surface area contributed by atoms with Crippen LogP contribution in [0.25, 0.3) is 5.69 Å². The molecule has 2 aromatic rings. The van der Waals surface area contributed by atoms with Crippen LogP contribution in [-0.2, 0) is 4.79 Å². The molecule has 0 bridgehead atoms. The molecular weight excluding hydrogens is 272 g/mol. The summed E-state index contributed by atoms with van der Waals surface area (Å²) in [4.78, 5) is 23.4. The number of carbonyl (C=O) groups excluding carboxylic acids is 1. The number of amides is 1. The SMILES string of the molecule is O=C(NC1(C(=O)O)CCC1)c1ccc(-n2ccnn2)cc1. The van der Waals surface area contributed by atoms with Crippen LogP contribution in [0.2, 0.25) is 0 Å². The first-order valence-corrected chi connectivity index (χ1v) is 6.63. The highest BCUT2D eigenvalue weighted by Crippen LogP contribution is 2.32. The molecule has 0 radical (unpaired) electrons. The van der Waals surface area contributed by atoms with Gasteiger partial charge in [0.15, 0.2) is 0 Å². The molecule has 0 aliphatic heterocycles. The smallest absolute Gasteiger partial charge is 0.329 e. The first-order valence-electron chi connectivity index (χ1n) is 6.63. The minimum Gasteiger partial charge on any atom is -0.480 e. The summed E-state index contributed by atoms with van der Waals surface area (Å²) in [6.45, 7) is 0. The zero-order valence-electron chi connectivity index (χ0n) is 11.2. The van der Waals surface area contributed by atoms with E-state index in [9.17, 15) is 14.7 Å². The van der Waals surface area contributed by atoms with E-state index in [0.717, 1.165) is 12.1 Å². The summed E-state index contributed by atoms with van der Waals surface area (Å²) in [6, 6.07) is 6.75. The maximum atomic E-state index is 12.1. The second-order valence-corrected chi connectivity index (χ2v) is 5.09. The molecule has 1 heterocycles. The summed E-state index contributed by atoms with van der Waals surface area (Å²) in [5.41, 5.74) is 0.105. The lowest BCUT2D eigenvalue weighted by molar-refractivity contribution is -0.148. The van der Waals surface area contributed by atoms with E-state index >= 15 is 0 Å². The molecule has 1 aliphatic carbocycles. The highest BCUT2D eigenvalue weighted by Gasteiger charge is 2.45. The van der Waals surface area contributed by atoms with Gasteiger partial charge < -0.3 is 10.4 Å². The van der Waals surface area contributed by atoms with Crippen molar-refractivity contribution in [2.45, 2.75) is 24.8 Å². The van der Waals surface area contributed by atoms with E-state index in [4.69, 9.17) is 0 Å². The van der Waals surface area contributed by atoms with E-state index in [1.807, 2.05) is 0 Å². The normalized spacial score (nSPS) is 16.0. The maximum Gasteiger partial charge on any atom is 0.329 e. The van der Waals surface area contributed by atoms with Crippen LogP contribution < -0.4 is 5.32 Å². The van der Waals surface area contributed by atoms with E-state index in [-0.39, 0.29) is 5.91 Å². The Kier molecular flexibility index (Phi) is 3.17. The van der Waals surface area contributed by atoms with Gasteiger partial charge in [-0.2, -0.15) is 0 Å². The number of hydrogen-bond donors (Lipinski definition) is 2. The van der Waals surface area contributed by atoms with Crippen LogP contribution >= 0.6 is 0 Å². The number of nitrogens with zero attached hydrogens (tertiary/aromatic N) is 3. The molecular formula is C14H14N4O3. The van der Waals surface area contributed by atoms with Gasteiger partial charge in [0.1, 0.15) is 5.54 Å². The summed E-state index contributed by atoms with van der Waals surface area (Å²) >= 11 is 0. The Labute approximate surface area is 120 Å². The fourth-order valence-corrected chi connectivity index (χ4v) is 2.32. The standard InChI is InChI=1S/C14H14N4O3/c19-12(16-14(13(20)21)6-1-7-14)10-2-4-11(5-3-10)18-9-8-15-17-18/h2-5,8-9H,1,6-7H2,(H,16,19)(H,20,21). The molecule has 1 amide bonds. The van der Waals surface area contributed by atoms with Crippen molar-refractivity contribution in [3.05, 3.63) is 42.2 Å².